The lowest BCUT2D eigenvalue weighted by Crippen LogP contribution is -2.58. The van der Waals surface area contributed by atoms with E-state index >= 15 is 0 Å². The number of carbonyl (C=O) groups is 3. The van der Waals surface area contributed by atoms with E-state index in [1.807, 2.05) is 26.0 Å². The van der Waals surface area contributed by atoms with Crippen molar-refractivity contribution in [3.05, 3.63) is 77.5 Å². The molecule has 1 saturated carbocycles. The van der Waals surface area contributed by atoms with Gasteiger partial charge in [-0.3, -0.25) is 19.5 Å². The van der Waals surface area contributed by atoms with Gasteiger partial charge in [0.2, 0.25) is 23.7 Å². The summed E-state index contributed by atoms with van der Waals surface area (Å²) in [6.07, 6.45) is 13.4. The number of nitrogens with zero attached hydrogens (tertiary/aromatic N) is 7. The molecule has 19 nitrogen and oxygen atoms in total. The van der Waals surface area contributed by atoms with Gasteiger partial charge in [-0.2, -0.15) is 5.10 Å². The van der Waals surface area contributed by atoms with Crippen molar-refractivity contribution in [3.63, 3.8) is 0 Å². The molecule has 5 heterocycles. The highest BCUT2D eigenvalue weighted by Gasteiger charge is 2.46. The Balaban J connectivity index is 0.00000747. The van der Waals surface area contributed by atoms with Crippen LogP contribution in [0.4, 0.5) is 17.6 Å². The van der Waals surface area contributed by atoms with Crippen LogP contribution in [0.1, 0.15) is 120 Å². The number of nitrogens with one attached hydrogen (secondary N) is 5. The fourth-order valence-electron chi connectivity index (χ4n) is 10.8. The van der Waals surface area contributed by atoms with E-state index in [-0.39, 0.29) is 71.6 Å². The Morgan fingerprint density at radius 3 is 2.35 bits per heavy atom. The first kappa shape index (κ1) is 55.1. The monoisotopic (exact) mass is 1070 g/mol. The molecule has 5 N–H and O–H groups in total. The predicted molar refractivity (Wildman–Crippen MR) is 289 cm³/mol. The van der Waals surface area contributed by atoms with Crippen LogP contribution < -0.4 is 35.6 Å². The number of H-pyrrole nitrogens is 1. The average Bonchev–Trinajstić information content (AvgIpc) is 3.98. The van der Waals surface area contributed by atoms with Gasteiger partial charge in [-0.1, -0.05) is 43.5 Å². The molecule has 4 aliphatic rings. The Morgan fingerprint density at radius 1 is 0.920 bits per heavy atom. The van der Waals surface area contributed by atoms with Gasteiger partial charge in [0.05, 0.1) is 47.9 Å². The maximum absolute atomic E-state index is 14.8. The molecule has 5 atom stereocenters. The van der Waals surface area contributed by atoms with Gasteiger partial charge in [0.25, 0.3) is 0 Å². The van der Waals surface area contributed by atoms with Crippen LogP contribution in [0.25, 0.3) is 10.9 Å². The van der Waals surface area contributed by atoms with Crippen molar-refractivity contribution < 1.29 is 32.3 Å². The summed E-state index contributed by atoms with van der Waals surface area (Å²) in [5.74, 6) is 1.59. The summed E-state index contributed by atoms with van der Waals surface area (Å²) >= 11 is 0. The topological polar surface area (TPSA) is 239 Å². The first-order valence-corrected chi connectivity index (χ1v) is 27.8. The number of likely N-dealkylation sites (N-methyl/N-ethyl adjacent to an activating group) is 1. The number of hydrogen-bond acceptors (Lipinski definition) is 15. The van der Waals surface area contributed by atoms with E-state index in [2.05, 4.69) is 58.5 Å². The van der Waals surface area contributed by atoms with E-state index in [4.69, 9.17) is 19.4 Å². The molecule has 404 valence electrons. The lowest BCUT2D eigenvalue weighted by Gasteiger charge is -2.35. The van der Waals surface area contributed by atoms with Crippen LogP contribution in [0.5, 0.6) is 11.5 Å². The van der Waals surface area contributed by atoms with E-state index < -0.39 is 38.8 Å². The maximum Gasteiger partial charge on any atom is 0.246 e. The fourth-order valence-corrected chi connectivity index (χ4v) is 12.1. The third-order valence-electron chi connectivity index (χ3n) is 15.6. The van der Waals surface area contributed by atoms with Gasteiger partial charge in [0.15, 0.2) is 21.4 Å². The first-order chi connectivity index (χ1) is 35.5. The van der Waals surface area contributed by atoms with Crippen molar-refractivity contribution in [3.8, 4) is 11.5 Å². The summed E-state index contributed by atoms with van der Waals surface area (Å²) in [4.78, 5) is 64.8. The zero-order chi connectivity index (χ0) is 52.3. The molecule has 0 unspecified atom stereocenters. The molecule has 0 spiro atoms. The first-order valence-electron chi connectivity index (χ1n) is 26.3. The number of anilines is 3. The molecule has 2 aliphatic heterocycles. The van der Waals surface area contributed by atoms with Crippen molar-refractivity contribution in [2.75, 3.05) is 43.5 Å². The summed E-state index contributed by atoms with van der Waals surface area (Å²) in [6, 6.07) is 9.26. The number of aromatic amines is 1. The van der Waals surface area contributed by atoms with Crippen molar-refractivity contribution in [2.45, 2.75) is 152 Å². The number of halogens is 1. The van der Waals surface area contributed by atoms with Crippen molar-refractivity contribution in [1.82, 2.24) is 51.0 Å². The molecule has 0 radical (unpaired) electrons. The van der Waals surface area contributed by atoms with Gasteiger partial charge in [0, 0.05) is 42.2 Å². The quantitative estimate of drug-likeness (QED) is 0.0668. The number of benzene rings is 2. The predicted octanol–water partition coefficient (Wildman–Crippen LogP) is 7.01. The summed E-state index contributed by atoms with van der Waals surface area (Å²) in [6.45, 7) is 12.4. The minimum absolute atomic E-state index is 0. The normalized spacial score (nSPS) is 20.4. The van der Waals surface area contributed by atoms with E-state index in [0.717, 1.165) is 81.0 Å². The highest BCUT2D eigenvalue weighted by Crippen LogP contribution is 2.39. The number of amides is 3. The molecule has 3 amide bonds. The molecule has 0 bridgehead atoms. The summed E-state index contributed by atoms with van der Waals surface area (Å²) in [7, 11) is -2.14. The molecular formula is C54H73ClN12O7S. The largest absolute Gasteiger partial charge is 0.492 e. The van der Waals surface area contributed by atoms with Gasteiger partial charge < -0.3 is 40.5 Å². The van der Waals surface area contributed by atoms with Crippen LogP contribution in [0, 0.1) is 25.7 Å². The number of rotatable bonds is 16. The van der Waals surface area contributed by atoms with E-state index in [1.165, 1.54) is 11.9 Å². The van der Waals surface area contributed by atoms with E-state index in [9.17, 15) is 22.8 Å². The minimum atomic E-state index is -3.86. The second-order valence-corrected chi connectivity index (χ2v) is 24.3. The third kappa shape index (κ3) is 12.1. The van der Waals surface area contributed by atoms with Crippen LogP contribution in [0.2, 0.25) is 0 Å². The molecule has 2 saturated heterocycles. The SMILES string of the molecule is CN[C@@H](C)C(=O)N[C@H](C(=O)N1C[C@@H](Oc2cnc(N3CCC(COc4cc5ncnc(Nc6n[nH]c(C)c6C)c5cc4S(=O)(=O)C(C)(C)C)CC3)nc2)C[C@H]1C(=O)N[C@@H]1CCCc2ccccc21)C1CCCCC1.Cl. The number of aryl methyl sites for hydroxylation is 2. The van der Waals surface area contributed by atoms with Gasteiger partial charge in [0.1, 0.15) is 41.0 Å². The fraction of sp³-hybridized carbons (Fsp3) is 0.556. The van der Waals surface area contributed by atoms with Crippen LogP contribution in [0.3, 0.4) is 0 Å². The Labute approximate surface area is 446 Å². The molecule has 21 heteroatoms. The number of carbonyl (C=O) groups excluding carboxylic acids is 3. The van der Waals surface area contributed by atoms with Crippen molar-refractivity contribution >= 4 is 68.5 Å². The average molecular weight is 1070 g/mol. The third-order valence-corrected chi connectivity index (χ3v) is 18.1. The zero-order valence-corrected chi connectivity index (χ0v) is 45.8. The van der Waals surface area contributed by atoms with Crippen LogP contribution in [0.15, 0.2) is 60.0 Å². The second-order valence-electron chi connectivity index (χ2n) is 21.6. The smallest absolute Gasteiger partial charge is 0.246 e. The molecular weight excluding hydrogens is 996 g/mol. The summed E-state index contributed by atoms with van der Waals surface area (Å²) in [5.41, 5.74) is 4.69. The lowest BCUT2D eigenvalue weighted by molar-refractivity contribution is -0.143. The molecule has 2 aromatic carbocycles. The molecule has 75 heavy (non-hydrogen) atoms. The molecule has 3 fully saturated rings. The Bertz CT molecular complexity index is 2940. The van der Waals surface area contributed by atoms with Crippen LogP contribution in [-0.4, -0.2) is 123 Å². The number of piperidine rings is 1. The Morgan fingerprint density at radius 2 is 1.65 bits per heavy atom. The van der Waals surface area contributed by atoms with Crippen molar-refractivity contribution in [1.29, 1.82) is 0 Å². The van der Waals surface area contributed by atoms with E-state index in [0.29, 0.717) is 53.9 Å². The minimum Gasteiger partial charge on any atom is -0.492 e. The zero-order valence-electron chi connectivity index (χ0n) is 44.1. The van der Waals surface area contributed by atoms with Crippen molar-refractivity contribution in [2.24, 2.45) is 11.8 Å². The van der Waals surface area contributed by atoms with E-state index in [1.54, 1.807) is 64.2 Å². The Hall–Kier alpha value is -6.12. The van der Waals surface area contributed by atoms with Gasteiger partial charge in [-0.25, -0.2) is 28.4 Å². The van der Waals surface area contributed by atoms with Gasteiger partial charge in [-0.15, -0.1) is 12.4 Å². The van der Waals surface area contributed by atoms with Crippen LogP contribution in [-0.2, 0) is 30.6 Å². The number of fused-ring (bicyclic) bond motifs is 2. The number of aromatic nitrogens is 6. The molecule has 2 aliphatic carbocycles. The number of ether oxygens (including phenoxy) is 2. The highest BCUT2D eigenvalue weighted by molar-refractivity contribution is 7.92. The molecule has 9 rings (SSSR count). The summed E-state index contributed by atoms with van der Waals surface area (Å²) < 4.78 is 40.0. The number of sulfone groups is 1. The maximum atomic E-state index is 14.8. The van der Waals surface area contributed by atoms with Gasteiger partial charge in [-0.05, 0) is 123 Å². The Kier molecular flexibility index (Phi) is 17.2. The number of hydrogen-bond donors (Lipinski definition) is 5. The number of likely N-dealkylation sites (tertiary alicyclic amines) is 1. The lowest BCUT2D eigenvalue weighted by atomic mass is 9.83. The van der Waals surface area contributed by atoms with Crippen LogP contribution >= 0.6 is 12.4 Å². The molecule has 3 aromatic heterocycles. The second kappa shape index (κ2) is 23.4. The highest BCUT2D eigenvalue weighted by atomic mass is 35.5. The standard InChI is InChI=1S/C54H72N12O7S.ClH/c1-32-33(2)63-64-48(32)62-49-41-25-46(74(70,71)54(4,5)6)45(26-43(41)58-31-59-49)72-30-35-20-22-65(23-21-35)53-56-27-39(28-57-53)73-38-24-44(51(68)60-42-19-13-17-36-14-11-12-18-40(36)42)66(29-38)52(69)47(37-15-9-8-10-16-37)61-50(67)34(3)55-7;/h11-12,14,18,25-28,31,34-35,37-38,42,44,47,55H,8-10,13,15-17,19-24,29-30H2,1-7H3,(H,60,68)(H,61,67)(H2,58,59,62,63,64);1H/t34-,38-,42+,44-,47-;/m0./s1. The van der Waals surface area contributed by atoms with Gasteiger partial charge >= 0.3 is 0 Å². The summed E-state index contributed by atoms with van der Waals surface area (Å²) in [5, 5.41) is 20.5. The molecule has 5 aromatic rings.